The van der Waals surface area contributed by atoms with E-state index in [1.807, 2.05) is 7.05 Å². The van der Waals surface area contributed by atoms with E-state index < -0.39 is 5.54 Å². The van der Waals surface area contributed by atoms with E-state index in [0.717, 1.165) is 12.5 Å². The van der Waals surface area contributed by atoms with Crippen LogP contribution in [-0.2, 0) is 9.53 Å². The number of nitrogens with two attached hydrogens (primary N) is 1. The van der Waals surface area contributed by atoms with Crippen molar-refractivity contribution >= 4 is 5.97 Å². The number of ether oxygens (including phenoxy) is 1. The van der Waals surface area contributed by atoms with Crippen LogP contribution in [0.5, 0.6) is 0 Å². The molecule has 1 fully saturated rings. The minimum absolute atomic E-state index is 0.342. The molecule has 1 saturated carbocycles. The molecule has 0 saturated heterocycles. The molecule has 0 amide bonds. The van der Waals surface area contributed by atoms with Crippen LogP contribution < -0.4 is 5.73 Å². The van der Waals surface area contributed by atoms with E-state index in [4.69, 9.17) is 10.5 Å². The first-order chi connectivity index (χ1) is 7.45. The molecule has 0 aromatic heterocycles. The second-order valence-electron chi connectivity index (χ2n) is 5.26. The van der Waals surface area contributed by atoms with Crippen LogP contribution in [0.2, 0.25) is 0 Å². The second-order valence-corrected chi connectivity index (χ2v) is 5.26. The highest BCUT2D eigenvalue weighted by molar-refractivity contribution is 5.80. The molecular weight excluding hydrogens is 204 g/mol. The summed E-state index contributed by atoms with van der Waals surface area (Å²) < 4.78 is 4.70. The lowest BCUT2D eigenvalue weighted by Gasteiger charge is -2.29. The van der Waals surface area contributed by atoms with Crippen molar-refractivity contribution in [2.24, 2.45) is 11.7 Å². The van der Waals surface area contributed by atoms with Gasteiger partial charge in [-0.05, 0) is 32.7 Å². The van der Waals surface area contributed by atoms with Gasteiger partial charge in [-0.3, -0.25) is 4.79 Å². The highest BCUT2D eigenvalue weighted by Gasteiger charge is 2.31. The summed E-state index contributed by atoms with van der Waals surface area (Å²) >= 11 is 0. The fourth-order valence-electron chi connectivity index (χ4n) is 2.56. The molecule has 0 aromatic carbocycles. The number of likely N-dealkylation sites (N-methyl/N-ethyl adjacent to an activating group) is 1. The Balaban J connectivity index is 2.37. The number of methoxy groups -OCH3 is 1. The third-order valence-electron chi connectivity index (χ3n) is 3.29. The Morgan fingerprint density at radius 1 is 1.50 bits per heavy atom. The molecule has 0 aromatic rings. The van der Waals surface area contributed by atoms with E-state index in [1.54, 1.807) is 6.92 Å². The van der Waals surface area contributed by atoms with E-state index in [2.05, 4.69) is 4.90 Å². The molecule has 4 nitrogen and oxygen atoms in total. The number of hydrogen-bond donors (Lipinski definition) is 1. The van der Waals surface area contributed by atoms with Gasteiger partial charge >= 0.3 is 5.97 Å². The summed E-state index contributed by atoms with van der Waals surface area (Å²) in [5.74, 6) is 0.434. The maximum atomic E-state index is 11.4. The summed E-state index contributed by atoms with van der Waals surface area (Å²) in [5, 5.41) is 0. The molecule has 1 rings (SSSR count). The van der Waals surface area contributed by atoms with Gasteiger partial charge in [0.05, 0.1) is 7.11 Å². The summed E-state index contributed by atoms with van der Waals surface area (Å²) in [6.07, 6.45) is 5.30. The first-order valence-electron chi connectivity index (χ1n) is 6.01. The van der Waals surface area contributed by atoms with Gasteiger partial charge in [0, 0.05) is 13.1 Å². The first kappa shape index (κ1) is 13.5. The average molecular weight is 228 g/mol. The molecule has 0 aliphatic heterocycles. The quantitative estimate of drug-likeness (QED) is 0.713. The van der Waals surface area contributed by atoms with Gasteiger partial charge in [-0.2, -0.15) is 0 Å². The number of nitrogens with zero attached hydrogens (tertiary/aromatic N) is 1. The van der Waals surface area contributed by atoms with Gasteiger partial charge in [0.2, 0.25) is 0 Å². The van der Waals surface area contributed by atoms with Gasteiger partial charge < -0.3 is 15.4 Å². The van der Waals surface area contributed by atoms with Crippen LogP contribution in [0.25, 0.3) is 0 Å². The topological polar surface area (TPSA) is 55.6 Å². The van der Waals surface area contributed by atoms with Crippen molar-refractivity contribution in [2.45, 2.75) is 38.1 Å². The Morgan fingerprint density at radius 3 is 2.56 bits per heavy atom. The highest BCUT2D eigenvalue weighted by Crippen LogP contribution is 2.25. The molecule has 1 unspecified atom stereocenters. The SMILES string of the molecule is COC(=O)C(C)(N)CN(C)CC1CCCC1. The zero-order valence-electron chi connectivity index (χ0n) is 10.7. The summed E-state index contributed by atoms with van der Waals surface area (Å²) in [4.78, 5) is 13.6. The van der Waals surface area contributed by atoms with E-state index in [9.17, 15) is 4.79 Å². The maximum absolute atomic E-state index is 11.4. The predicted octanol–water partition coefficient (Wildman–Crippen LogP) is 0.999. The molecule has 16 heavy (non-hydrogen) atoms. The standard InChI is InChI=1S/C12H24N2O2/c1-12(13,11(15)16-3)9-14(2)8-10-6-4-5-7-10/h10H,4-9,13H2,1-3H3. The molecule has 4 heteroatoms. The van der Waals surface area contributed by atoms with Gasteiger partial charge in [-0.25, -0.2) is 0 Å². The van der Waals surface area contributed by atoms with Crippen molar-refractivity contribution in [3.05, 3.63) is 0 Å². The fourth-order valence-corrected chi connectivity index (χ4v) is 2.56. The minimum Gasteiger partial charge on any atom is -0.468 e. The van der Waals surface area contributed by atoms with Crippen LogP contribution >= 0.6 is 0 Å². The third kappa shape index (κ3) is 3.76. The third-order valence-corrected chi connectivity index (χ3v) is 3.29. The largest absolute Gasteiger partial charge is 0.468 e. The molecule has 0 radical (unpaired) electrons. The number of carbonyl (C=O) groups is 1. The lowest BCUT2D eigenvalue weighted by atomic mass is 10.0. The summed E-state index contributed by atoms with van der Waals surface area (Å²) in [6.45, 7) is 3.31. The van der Waals surface area contributed by atoms with Crippen LogP contribution in [0.15, 0.2) is 0 Å². The fraction of sp³-hybridized carbons (Fsp3) is 0.917. The van der Waals surface area contributed by atoms with Crippen molar-refractivity contribution in [1.82, 2.24) is 4.90 Å². The molecule has 0 bridgehead atoms. The van der Waals surface area contributed by atoms with Crippen molar-refractivity contribution < 1.29 is 9.53 Å². The predicted molar refractivity (Wildman–Crippen MR) is 64.1 cm³/mol. The molecule has 94 valence electrons. The molecule has 2 N–H and O–H groups in total. The van der Waals surface area contributed by atoms with E-state index in [0.29, 0.717) is 6.54 Å². The number of carbonyl (C=O) groups excluding carboxylic acids is 1. The molecule has 0 spiro atoms. The first-order valence-corrected chi connectivity index (χ1v) is 6.01. The minimum atomic E-state index is -0.901. The van der Waals surface area contributed by atoms with Gasteiger partial charge in [0.15, 0.2) is 0 Å². The van der Waals surface area contributed by atoms with Crippen LogP contribution in [0.3, 0.4) is 0 Å². The van der Waals surface area contributed by atoms with Crippen molar-refractivity contribution in [3.8, 4) is 0 Å². The summed E-state index contributed by atoms with van der Waals surface area (Å²) in [5.41, 5.74) is 5.03. The van der Waals surface area contributed by atoms with Crippen molar-refractivity contribution in [3.63, 3.8) is 0 Å². The lowest BCUT2D eigenvalue weighted by molar-refractivity contribution is -0.147. The van der Waals surface area contributed by atoms with Crippen LogP contribution in [-0.4, -0.2) is 43.7 Å². The Bertz CT molecular complexity index is 235. The smallest absolute Gasteiger partial charge is 0.326 e. The van der Waals surface area contributed by atoms with Crippen molar-refractivity contribution in [2.75, 3.05) is 27.2 Å². The maximum Gasteiger partial charge on any atom is 0.326 e. The average Bonchev–Trinajstić information content (AvgIpc) is 2.67. The van der Waals surface area contributed by atoms with Gasteiger partial charge in [0.25, 0.3) is 0 Å². The monoisotopic (exact) mass is 228 g/mol. The summed E-state index contributed by atoms with van der Waals surface area (Å²) in [7, 11) is 3.40. The Kier molecular flexibility index (Phi) is 4.74. The van der Waals surface area contributed by atoms with E-state index in [-0.39, 0.29) is 5.97 Å². The number of rotatable bonds is 5. The molecule has 1 atom stereocenters. The molecule has 0 heterocycles. The summed E-state index contributed by atoms with van der Waals surface area (Å²) in [6, 6.07) is 0. The van der Waals surface area contributed by atoms with Crippen molar-refractivity contribution in [1.29, 1.82) is 0 Å². The zero-order valence-corrected chi connectivity index (χ0v) is 10.7. The normalized spacial score (nSPS) is 21.1. The van der Waals surface area contributed by atoms with Crippen LogP contribution in [0, 0.1) is 5.92 Å². The molecule has 1 aliphatic carbocycles. The lowest BCUT2D eigenvalue weighted by Crippen LogP contribution is -2.54. The number of hydrogen-bond acceptors (Lipinski definition) is 4. The Morgan fingerprint density at radius 2 is 2.06 bits per heavy atom. The Hall–Kier alpha value is -0.610. The van der Waals surface area contributed by atoms with Crippen LogP contribution in [0.1, 0.15) is 32.6 Å². The van der Waals surface area contributed by atoms with E-state index in [1.165, 1.54) is 32.8 Å². The van der Waals surface area contributed by atoms with Gasteiger partial charge in [-0.1, -0.05) is 12.8 Å². The Labute approximate surface area is 98.1 Å². The van der Waals surface area contributed by atoms with Gasteiger partial charge in [-0.15, -0.1) is 0 Å². The van der Waals surface area contributed by atoms with E-state index >= 15 is 0 Å². The highest BCUT2D eigenvalue weighted by atomic mass is 16.5. The van der Waals surface area contributed by atoms with Gasteiger partial charge in [0.1, 0.15) is 5.54 Å². The number of esters is 1. The second kappa shape index (κ2) is 5.64. The zero-order chi connectivity index (χ0) is 12.2. The molecule has 1 aliphatic rings. The van der Waals surface area contributed by atoms with Crippen LogP contribution in [0.4, 0.5) is 0 Å². The molecular formula is C12H24N2O2.